The Hall–Kier alpha value is -2.42. The van der Waals surface area contributed by atoms with Crippen LogP contribution in [-0.4, -0.2) is 67.4 Å². The summed E-state index contributed by atoms with van der Waals surface area (Å²) in [7, 11) is 1.31. The molecule has 1 heterocycles. The summed E-state index contributed by atoms with van der Waals surface area (Å²) in [5, 5.41) is 2.62. The Morgan fingerprint density at radius 1 is 1.13 bits per heavy atom. The first-order valence-corrected chi connectivity index (χ1v) is 10.6. The van der Waals surface area contributed by atoms with Crippen molar-refractivity contribution in [2.75, 3.05) is 39.8 Å². The number of hydrogen-bond acceptors (Lipinski definition) is 5. The van der Waals surface area contributed by atoms with Gasteiger partial charge in [0.15, 0.2) is 0 Å². The van der Waals surface area contributed by atoms with E-state index in [1.807, 2.05) is 20.8 Å². The van der Waals surface area contributed by atoms with Crippen LogP contribution in [-0.2, 0) is 9.47 Å². The van der Waals surface area contributed by atoms with Gasteiger partial charge in [0.1, 0.15) is 17.2 Å². The first-order chi connectivity index (χ1) is 14.6. The zero-order valence-corrected chi connectivity index (χ0v) is 18.7. The van der Waals surface area contributed by atoms with Gasteiger partial charge in [-0.25, -0.2) is 18.4 Å². The lowest BCUT2D eigenvalue weighted by atomic mass is 9.97. The van der Waals surface area contributed by atoms with Crippen LogP contribution in [0.25, 0.3) is 0 Å². The van der Waals surface area contributed by atoms with Gasteiger partial charge in [-0.05, 0) is 46.1 Å². The minimum Gasteiger partial charge on any atom is -0.453 e. The number of rotatable bonds is 7. The van der Waals surface area contributed by atoms with Crippen LogP contribution >= 0.6 is 0 Å². The van der Waals surface area contributed by atoms with Gasteiger partial charge in [-0.15, -0.1) is 0 Å². The third-order valence-electron chi connectivity index (χ3n) is 5.09. The molecule has 174 valence electrons. The SMILES string of the molecule is COC(=O)NCCCCC(c1ccc(F)cc1F)N1CCN(C(=O)OC(C)(C)C)CC1. The van der Waals surface area contributed by atoms with E-state index in [1.165, 1.54) is 19.2 Å². The molecule has 1 N–H and O–H groups in total. The molecule has 2 amide bonds. The Morgan fingerprint density at radius 2 is 1.81 bits per heavy atom. The van der Waals surface area contributed by atoms with E-state index in [-0.39, 0.29) is 12.1 Å². The fraction of sp³-hybridized carbons (Fsp3) is 0.636. The van der Waals surface area contributed by atoms with Gasteiger partial charge in [0.05, 0.1) is 7.11 Å². The Morgan fingerprint density at radius 3 is 2.39 bits per heavy atom. The Bertz CT molecular complexity index is 747. The van der Waals surface area contributed by atoms with Gasteiger partial charge in [0.25, 0.3) is 0 Å². The van der Waals surface area contributed by atoms with E-state index in [2.05, 4.69) is 15.0 Å². The molecule has 2 rings (SSSR count). The highest BCUT2D eigenvalue weighted by Gasteiger charge is 2.30. The number of methoxy groups -OCH3 is 1. The summed E-state index contributed by atoms with van der Waals surface area (Å²) in [6.45, 7) is 7.98. The number of carbonyl (C=O) groups is 2. The van der Waals surface area contributed by atoms with Crippen molar-refractivity contribution in [3.8, 4) is 0 Å². The first kappa shape index (κ1) is 24.8. The van der Waals surface area contributed by atoms with Crippen LogP contribution in [0.3, 0.4) is 0 Å². The van der Waals surface area contributed by atoms with Crippen molar-refractivity contribution in [3.05, 3.63) is 35.4 Å². The third-order valence-corrected chi connectivity index (χ3v) is 5.09. The highest BCUT2D eigenvalue weighted by molar-refractivity contribution is 5.68. The van der Waals surface area contributed by atoms with E-state index in [1.54, 1.807) is 4.90 Å². The van der Waals surface area contributed by atoms with E-state index in [4.69, 9.17) is 4.74 Å². The molecule has 0 bridgehead atoms. The van der Waals surface area contributed by atoms with Crippen molar-refractivity contribution in [2.45, 2.75) is 51.7 Å². The molecule has 1 unspecified atom stereocenters. The third kappa shape index (κ3) is 7.97. The number of ether oxygens (including phenoxy) is 2. The maximum Gasteiger partial charge on any atom is 0.410 e. The first-order valence-electron chi connectivity index (χ1n) is 10.6. The van der Waals surface area contributed by atoms with Crippen LogP contribution in [0.2, 0.25) is 0 Å². The molecule has 1 fully saturated rings. The smallest absolute Gasteiger partial charge is 0.410 e. The number of benzene rings is 1. The number of nitrogens with zero attached hydrogens (tertiary/aromatic N) is 2. The minimum atomic E-state index is -0.614. The molecule has 1 saturated heterocycles. The number of nitrogens with one attached hydrogen (secondary N) is 1. The highest BCUT2D eigenvalue weighted by atomic mass is 19.1. The summed E-state index contributed by atoms with van der Waals surface area (Å²) < 4.78 is 38.0. The predicted octanol–water partition coefficient (Wildman–Crippen LogP) is 4.08. The van der Waals surface area contributed by atoms with Crippen LogP contribution in [0.4, 0.5) is 18.4 Å². The summed E-state index contributed by atoms with van der Waals surface area (Å²) in [5.74, 6) is -1.19. The topological polar surface area (TPSA) is 71.1 Å². The van der Waals surface area contributed by atoms with Crippen molar-refractivity contribution in [2.24, 2.45) is 0 Å². The van der Waals surface area contributed by atoms with Gasteiger partial charge in [0, 0.05) is 50.4 Å². The van der Waals surface area contributed by atoms with Gasteiger partial charge in [-0.3, -0.25) is 4.90 Å². The molecule has 0 saturated carbocycles. The molecule has 0 aromatic heterocycles. The Labute approximate surface area is 182 Å². The van der Waals surface area contributed by atoms with Gasteiger partial charge >= 0.3 is 12.2 Å². The number of carbonyl (C=O) groups excluding carboxylic acids is 2. The monoisotopic (exact) mass is 441 g/mol. The van der Waals surface area contributed by atoms with Crippen molar-refractivity contribution >= 4 is 12.2 Å². The fourth-order valence-electron chi connectivity index (χ4n) is 3.57. The molecule has 1 aliphatic heterocycles. The minimum absolute atomic E-state index is 0.250. The Balaban J connectivity index is 2.00. The molecule has 1 aromatic carbocycles. The maximum atomic E-state index is 14.5. The number of piperazine rings is 1. The summed E-state index contributed by atoms with van der Waals surface area (Å²) in [4.78, 5) is 27.2. The highest BCUT2D eigenvalue weighted by Crippen LogP contribution is 2.30. The molecule has 31 heavy (non-hydrogen) atoms. The van der Waals surface area contributed by atoms with E-state index >= 15 is 0 Å². The molecule has 0 spiro atoms. The molecule has 0 aliphatic carbocycles. The molecule has 9 heteroatoms. The second-order valence-electron chi connectivity index (χ2n) is 8.60. The summed E-state index contributed by atoms with van der Waals surface area (Å²) >= 11 is 0. The quantitative estimate of drug-likeness (QED) is 0.646. The molecule has 0 radical (unpaired) electrons. The lowest BCUT2D eigenvalue weighted by Gasteiger charge is -2.40. The average Bonchev–Trinajstić information content (AvgIpc) is 2.70. The number of alkyl carbamates (subject to hydrolysis) is 1. The van der Waals surface area contributed by atoms with Gasteiger partial charge in [0.2, 0.25) is 0 Å². The van der Waals surface area contributed by atoms with Crippen LogP contribution in [0, 0.1) is 11.6 Å². The number of halogens is 2. The van der Waals surface area contributed by atoms with Crippen LogP contribution < -0.4 is 5.32 Å². The second kappa shape index (κ2) is 11.3. The molecular weight excluding hydrogens is 408 g/mol. The number of hydrogen-bond donors (Lipinski definition) is 1. The van der Waals surface area contributed by atoms with Crippen molar-refractivity contribution in [3.63, 3.8) is 0 Å². The zero-order chi connectivity index (χ0) is 23.0. The van der Waals surface area contributed by atoms with E-state index in [9.17, 15) is 18.4 Å². The number of unbranched alkanes of at least 4 members (excludes halogenated alkanes) is 1. The van der Waals surface area contributed by atoms with E-state index < -0.39 is 23.3 Å². The normalized spacial score (nSPS) is 16.0. The predicted molar refractivity (Wildman–Crippen MR) is 113 cm³/mol. The molecule has 1 aliphatic rings. The van der Waals surface area contributed by atoms with Crippen molar-refractivity contribution < 1.29 is 27.8 Å². The van der Waals surface area contributed by atoms with Crippen LogP contribution in [0.15, 0.2) is 18.2 Å². The van der Waals surface area contributed by atoms with Gasteiger partial charge in [-0.1, -0.05) is 6.07 Å². The average molecular weight is 442 g/mol. The molecule has 1 aromatic rings. The van der Waals surface area contributed by atoms with Gasteiger partial charge < -0.3 is 19.7 Å². The molecular formula is C22H33F2N3O4. The fourth-order valence-corrected chi connectivity index (χ4v) is 3.57. The van der Waals surface area contributed by atoms with Crippen LogP contribution in [0.1, 0.15) is 51.6 Å². The van der Waals surface area contributed by atoms with Crippen molar-refractivity contribution in [1.29, 1.82) is 0 Å². The standard InChI is InChI=1S/C22H33F2N3O4/c1-22(2,3)31-21(29)27-13-11-26(12-14-27)19(7-5-6-10-25-20(28)30-4)17-9-8-16(23)15-18(17)24/h8-9,15,19H,5-7,10-14H2,1-4H3,(H,25,28). The van der Waals surface area contributed by atoms with E-state index in [0.717, 1.165) is 12.5 Å². The summed E-state index contributed by atoms with van der Waals surface area (Å²) in [6.07, 6.45) is 1.23. The van der Waals surface area contributed by atoms with Crippen molar-refractivity contribution in [1.82, 2.24) is 15.1 Å². The van der Waals surface area contributed by atoms with Crippen LogP contribution in [0.5, 0.6) is 0 Å². The van der Waals surface area contributed by atoms with Gasteiger partial charge in [-0.2, -0.15) is 0 Å². The number of amides is 2. The summed E-state index contributed by atoms with van der Waals surface area (Å²) in [5.41, 5.74) is -0.125. The summed E-state index contributed by atoms with van der Waals surface area (Å²) in [6, 6.07) is 3.40. The Kier molecular flexibility index (Phi) is 9.03. The maximum absolute atomic E-state index is 14.5. The lowest BCUT2D eigenvalue weighted by Crippen LogP contribution is -2.51. The van der Waals surface area contributed by atoms with E-state index in [0.29, 0.717) is 51.1 Å². The largest absolute Gasteiger partial charge is 0.453 e. The lowest BCUT2D eigenvalue weighted by molar-refractivity contribution is 0.00937. The molecule has 7 nitrogen and oxygen atoms in total. The zero-order valence-electron chi connectivity index (χ0n) is 18.7. The molecule has 1 atom stereocenters. The second-order valence-corrected chi connectivity index (χ2v) is 8.60.